The summed E-state index contributed by atoms with van der Waals surface area (Å²) in [5.74, 6) is -1.29. The van der Waals surface area contributed by atoms with Gasteiger partial charge in [0.05, 0.1) is 10.5 Å². The number of anilines is 1. The van der Waals surface area contributed by atoms with E-state index in [4.69, 9.17) is 4.74 Å². The van der Waals surface area contributed by atoms with Gasteiger partial charge in [0.1, 0.15) is 0 Å². The van der Waals surface area contributed by atoms with Crippen molar-refractivity contribution in [1.29, 1.82) is 0 Å². The highest BCUT2D eigenvalue weighted by molar-refractivity contribution is 7.89. The fourth-order valence-corrected chi connectivity index (χ4v) is 3.42. The Morgan fingerprint density at radius 2 is 1.68 bits per heavy atom. The Balaban J connectivity index is 1.66. The molecule has 144 valence electrons. The van der Waals surface area contributed by atoms with E-state index in [0.29, 0.717) is 5.69 Å². The molecule has 0 saturated heterocycles. The molecule has 0 radical (unpaired) electrons. The van der Waals surface area contributed by atoms with Gasteiger partial charge in [-0.1, -0.05) is 42.5 Å². The van der Waals surface area contributed by atoms with Crippen molar-refractivity contribution in [1.82, 2.24) is 4.72 Å². The van der Waals surface area contributed by atoms with Crippen molar-refractivity contribution in [3.05, 3.63) is 72.3 Å². The number of benzene rings is 3. The van der Waals surface area contributed by atoms with Gasteiger partial charge in [0.2, 0.25) is 10.0 Å². The number of amides is 1. The molecule has 0 aromatic heterocycles. The highest BCUT2D eigenvalue weighted by Crippen LogP contribution is 2.22. The number of hydrogen-bond acceptors (Lipinski definition) is 5. The zero-order valence-electron chi connectivity index (χ0n) is 15.0. The van der Waals surface area contributed by atoms with E-state index in [0.717, 1.165) is 10.8 Å². The molecule has 0 spiro atoms. The molecule has 28 heavy (non-hydrogen) atoms. The number of esters is 1. The minimum atomic E-state index is -3.68. The molecule has 0 aliphatic heterocycles. The Bertz CT molecular complexity index is 1140. The third-order valence-corrected chi connectivity index (χ3v) is 5.46. The molecule has 0 unspecified atom stereocenters. The van der Waals surface area contributed by atoms with Gasteiger partial charge in [-0.05, 0) is 36.7 Å². The van der Waals surface area contributed by atoms with E-state index >= 15 is 0 Å². The lowest BCUT2D eigenvalue weighted by molar-refractivity contribution is -0.119. The van der Waals surface area contributed by atoms with E-state index in [1.54, 1.807) is 6.07 Å². The fourth-order valence-electron chi connectivity index (χ4n) is 2.64. The first kappa shape index (κ1) is 19.5. The average Bonchev–Trinajstić information content (AvgIpc) is 2.72. The predicted molar refractivity (Wildman–Crippen MR) is 106 cm³/mol. The Morgan fingerprint density at radius 3 is 2.46 bits per heavy atom. The Hall–Kier alpha value is -3.23. The maximum absolute atomic E-state index is 12.2. The number of hydrogen-bond donors (Lipinski definition) is 2. The van der Waals surface area contributed by atoms with Gasteiger partial charge in [0.25, 0.3) is 5.91 Å². The first-order chi connectivity index (χ1) is 13.4. The van der Waals surface area contributed by atoms with Crippen LogP contribution in [0.5, 0.6) is 0 Å². The molecule has 8 heteroatoms. The fraction of sp³-hybridized carbons (Fsp3) is 0.100. The van der Waals surface area contributed by atoms with Crippen molar-refractivity contribution in [3.8, 4) is 0 Å². The lowest BCUT2D eigenvalue weighted by atomic mass is 10.1. The summed E-state index contributed by atoms with van der Waals surface area (Å²) >= 11 is 0. The summed E-state index contributed by atoms with van der Waals surface area (Å²) < 4.78 is 30.8. The van der Waals surface area contributed by atoms with Gasteiger partial charge < -0.3 is 10.1 Å². The molecular formula is C20H18N2O5S. The standard InChI is InChI=1S/C20H18N2O5S/c1-21-28(25,26)16-9-4-8-15(12-16)20(24)27-13-19(23)22-18-11-5-7-14-6-2-3-10-17(14)18/h2-12,21H,13H2,1H3,(H,22,23). The second kappa shape index (κ2) is 8.20. The number of carbonyl (C=O) groups is 2. The van der Waals surface area contributed by atoms with Gasteiger partial charge in [0.15, 0.2) is 6.61 Å². The van der Waals surface area contributed by atoms with E-state index < -0.39 is 28.5 Å². The van der Waals surface area contributed by atoms with Crippen molar-refractivity contribution >= 4 is 38.4 Å². The van der Waals surface area contributed by atoms with E-state index in [9.17, 15) is 18.0 Å². The van der Waals surface area contributed by atoms with Crippen LogP contribution in [-0.4, -0.2) is 33.9 Å². The largest absolute Gasteiger partial charge is 0.452 e. The summed E-state index contributed by atoms with van der Waals surface area (Å²) in [5, 5.41) is 4.56. The van der Waals surface area contributed by atoms with Gasteiger partial charge in [-0.15, -0.1) is 0 Å². The van der Waals surface area contributed by atoms with Crippen LogP contribution in [0.4, 0.5) is 5.69 Å². The number of nitrogens with one attached hydrogen (secondary N) is 2. The van der Waals surface area contributed by atoms with Crippen LogP contribution in [0.1, 0.15) is 10.4 Å². The first-order valence-electron chi connectivity index (χ1n) is 8.39. The van der Waals surface area contributed by atoms with Crippen molar-refractivity contribution < 1.29 is 22.7 Å². The van der Waals surface area contributed by atoms with Gasteiger partial charge in [-0.25, -0.2) is 17.9 Å². The Labute approximate surface area is 162 Å². The minimum Gasteiger partial charge on any atom is -0.452 e. The van der Waals surface area contributed by atoms with Crippen LogP contribution in [0.15, 0.2) is 71.6 Å². The zero-order chi connectivity index (χ0) is 20.1. The van der Waals surface area contributed by atoms with Crippen molar-refractivity contribution in [2.24, 2.45) is 0 Å². The average molecular weight is 398 g/mol. The third-order valence-electron chi connectivity index (χ3n) is 4.05. The van der Waals surface area contributed by atoms with Gasteiger partial charge >= 0.3 is 5.97 Å². The zero-order valence-corrected chi connectivity index (χ0v) is 15.8. The maximum atomic E-state index is 12.2. The summed E-state index contributed by atoms with van der Waals surface area (Å²) in [6, 6.07) is 18.5. The summed E-state index contributed by atoms with van der Waals surface area (Å²) in [6.07, 6.45) is 0. The lowest BCUT2D eigenvalue weighted by Crippen LogP contribution is -2.22. The summed E-state index contributed by atoms with van der Waals surface area (Å²) in [7, 11) is -2.41. The van der Waals surface area contributed by atoms with Crippen LogP contribution >= 0.6 is 0 Å². The number of ether oxygens (including phenoxy) is 1. The number of rotatable bonds is 6. The van der Waals surface area contributed by atoms with Crippen LogP contribution in [-0.2, 0) is 19.6 Å². The van der Waals surface area contributed by atoms with E-state index in [1.807, 2.05) is 36.4 Å². The molecule has 3 aromatic carbocycles. The molecular weight excluding hydrogens is 380 g/mol. The molecule has 1 amide bonds. The van der Waals surface area contributed by atoms with Crippen LogP contribution in [0.3, 0.4) is 0 Å². The molecule has 0 aliphatic carbocycles. The van der Waals surface area contributed by atoms with Gasteiger partial charge in [-0.3, -0.25) is 4.79 Å². The molecule has 0 atom stereocenters. The summed E-state index contributed by atoms with van der Waals surface area (Å²) in [6.45, 7) is -0.495. The second-order valence-electron chi connectivity index (χ2n) is 5.89. The van der Waals surface area contributed by atoms with E-state index in [2.05, 4.69) is 10.0 Å². The molecule has 3 aromatic rings. The molecule has 0 aliphatic rings. The number of carbonyl (C=O) groups excluding carboxylic acids is 2. The Kier molecular flexibility index (Phi) is 5.72. The first-order valence-corrected chi connectivity index (χ1v) is 9.87. The van der Waals surface area contributed by atoms with E-state index in [1.165, 1.54) is 31.3 Å². The van der Waals surface area contributed by atoms with Crippen LogP contribution in [0.2, 0.25) is 0 Å². The SMILES string of the molecule is CNS(=O)(=O)c1cccc(C(=O)OCC(=O)Nc2cccc3ccccc23)c1. The molecule has 0 saturated carbocycles. The number of sulfonamides is 1. The smallest absolute Gasteiger partial charge is 0.338 e. The topological polar surface area (TPSA) is 102 Å². The van der Waals surface area contributed by atoms with Crippen LogP contribution < -0.4 is 10.0 Å². The molecule has 0 bridgehead atoms. The van der Waals surface area contributed by atoms with Crippen LogP contribution in [0, 0.1) is 0 Å². The molecule has 2 N–H and O–H groups in total. The summed E-state index contributed by atoms with van der Waals surface area (Å²) in [5.41, 5.74) is 0.649. The van der Waals surface area contributed by atoms with E-state index in [-0.39, 0.29) is 10.5 Å². The summed E-state index contributed by atoms with van der Waals surface area (Å²) in [4.78, 5) is 24.3. The predicted octanol–water partition coefficient (Wildman–Crippen LogP) is 2.54. The van der Waals surface area contributed by atoms with Gasteiger partial charge in [-0.2, -0.15) is 0 Å². The van der Waals surface area contributed by atoms with Crippen molar-refractivity contribution in [2.75, 3.05) is 19.0 Å². The van der Waals surface area contributed by atoms with Crippen molar-refractivity contribution in [2.45, 2.75) is 4.90 Å². The van der Waals surface area contributed by atoms with Crippen LogP contribution in [0.25, 0.3) is 10.8 Å². The molecule has 0 heterocycles. The highest BCUT2D eigenvalue weighted by Gasteiger charge is 2.16. The highest BCUT2D eigenvalue weighted by atomic mass is 32.2. The minimum absolute atomic E-state index is 0.0364. The normalized spacial score (nSPS) is 11.2. The molecule has 7 nitrogen and oxygen atoms in total. The second-order valence-corrected chi connectivity index (χ2v) is 7.77. The Morgan fingerprint density at radius 1 is 0.964 bits per heavy atom. The third kappa shape index (κ3) is 4.36. The van der Waals surface area contributed by atoms with Crippen molar-refractivity contribution in [3.63, 3.8) is 0 Å². The van der Waals surface area contributed by atoms with Gasteiger partial charge in [0, 0.05) is 11.1 Å². The molecule has 0 fully saturated rings. The quantitative estimate of drug-likeness (QED) is 0.622. The molecule has 3 rings (SSSR count). The number of fused-ring (bicyclic) bond motifs is 1. The maximum Gasteiger partial charge on any atom is 0.338 e. The monoisotopic (exact) mass is 398 g/mol. The lowest BCUT2D eigenvalue weighted by Gasteiger charge is -2.10.